The monoisotopic (exact) mass is 395 g/mol. The van der Waals surface area contributed by atoms with Gasteiger partial charge >= 0.3 is 0 Å². The first kappa shape index (κ1) is 20.5. The van der Waals surface area contributed by atoms with E-state index < -0.39 is 17.7 Å². The van der Waals surface area contributed by atoms with Crippen molar-refractivity contribution in [1.82, 2.24) is 14.8 Å². The van der Waals surface area contributed by atoms with Gasteiger partial charge in [-0.1, -0.05) is 12.1 Å². The van der Waals surface area contributed by atoms with Gasteiger partial charge in [0.05, 0.1) is 18.2 Å². The molecule has 1 aliphatic heterocycles. The molecule has 0 aliphatic carbocycles. The van der Waals surface area contributed by atoms with E-state index >= 15 is 0 Å². The van der Waals surface area contributed by atoms with E-state index in [1.54, 1.807) is 48.8 Å². The number of hydrogen-bond donors (Lipinski definition) is 1. The Balaban J connectivity index is 2.11. The maximum Gasteiger partial charge on any atom is 0.295 e. The number of ketones is 1. The zero-order valence-corrected chi connectivity index (χ0v) is 16.8. The summed E-state index contributed by atoms with van der Waals surface area (Å²) < 4.78 is 5.50. The fourth-order valence-corrected chi connectivity index (χ4v) is 3.37. The number of ether oxygens (including phenoxy) is 1. The number of carbonyl (C=O) groups excluding carboxylic acids is 2. The molecule has 1 fully saturated rings. The lowest BCUT2D eigenvalue weighted by molar-refractivity contribution is -0.140. The highest BCUT2D eigenvalue weighted by atomic mass is 16.5. The first-order valence-electron chi connectivity index (χ1n) is 9.50. The molecule has 1 aromatic carbocycles. The molecule has 3 rings (SSSR count). The summed E-state index contributed by atoms with van der Waals surface area (Å²) in [5, 5.41) is 11.0. The summed E-state index contributed by atoms with van der Waals surface area (Å²) in [6.07, 6.45) is 3.22. The van der Waals surface area contributed by atoms with E-state index in [2.05, 4.69) is 4.98 Å². The Labute approximate surface area is 170 Å². The molecule has 1 atom stereocenters. The number of likely N-dealkylation sites (tertiary alicyclic amines) is 1. The van der Waals surface area contributed by atoms with Crippen LogP contribution in [0, 0.1) is 0 Å². The number of pyridine rings is 1. The molecule has 1 aromatic heterocycles. The van der Waals surface area contributed by atoms with Crippen LogP contribution in [0.25, 0.3) is 5.76 Å². The Bertz CT molecular complexity index is 925. The molecular formula is C22H25N3O4. The van der Waals surface area contributed by atoms with Gasteiger partial charge in [0.1, 0.15) is 11.5 Å². The van der Waals surface area contributed by atoms with Crippen LogP contribution in [0.4, 0.5) is 0 Å². The molecule has 152 valence electrons. The normalized spacial score (nSPS) is 18.5. The van der Waals surface area contributed by atoms with E-state index in [0.717, 1.165) is 5.56 Å². The van der Waals surface area contributed by atoms with Gasteiger partial charge in [-0.25, -0.2) is 0 Å². The van der Waals surface area contributed by atoms with Crippen LogP contribution in [0.1, 0.15) is 24.1 Å². The molecule has 7 heteroatoms. The Morgan fingerprint density at radius 2 is 1.93 bits per heavy atom. The van der Waals surface area contributed by atoms with Crippen LogP contribution in [0.5, 0.6) is 5.75 Å². The molecule has 1 amide bonds. The van der Waals surface area contributed by atoms with Crippen LogP contribution < -0.4 is 4.74 Å². The van der Waals surface area contributed by atoms with Crippen LogP contribution in [-0.4, -0.2) is 65.4 Å². The van der Waals surface area contributed by atoms with Crippen molar-refractivity contribution in [3.8, 4) is 5.75 Å². The van der Waals surface area contributed by atoms with Crippen LogP contribution >= 0.6 is 0 Å². The van der Waals surface area contributed by atoms with Gasteiger partial charge in [0, 0.05) is 31.0 Å². The van der Waals surface area contributed by atoms with E-state index in [1.165, 1.54) is 4.90 Å². The molecule has 2 aromatic rings. The SMILES string of the molecule is CCOc1cccc(/C(O)=C2/C(=O)C(=O)N(CCN(C)C)C2c2ccncc2)c1. The van der Waals surface area contributed by atoms with Crippen molar-refractivity contribution in [2.24, 2.45) is 0 Å². The Hall–Kier alpha value is -3.19. The topological polar surface area (TPSA) is 83.0 Å². The number of rotatable bonds is 7. The van der Waals surface area contributed by atoms with Crippen molar-refractivity contribution in [3.63, 3.8) is 0 Å². The number of benzene rings is 1. The summed E-state index contributed by atoms with van der Waals surface area (Å²) in [4.78, 5) is 33.2. The van der Waals surface area contributed by atoms with E-state index in [1.807, 2.05) is 25.9 Å². The zero-order valence-electron chi connectivity index (χ0n) is 16.8. The average Bonchev–Trinajstić information content (AvgIpc) is 2.97. The summed E-state index contributed by atoms with van der Waals surface area (Å²) >= 11 is 0. The van der Waals surface area contributed by atoms with Gasteiger partial charge in [0.2, 0.25) is 0 Å². The van der Waals surface area contributed by atoms with E-state index in [-0.39, 0.29) is 11.3 Å². The average molecular weight is 395 g/mol. The van der Waals surface area contributed by atoms with Crippen LogP contribution in [-0.2, 0) is 9.59 Å². The zero-order chi connectivity index (χ0) is 21.0. The second kappa shape index (κ2) is 8.87. The second-order valence-electron chi connectivity index (χ2n) is 7.04. The van der Waals surface area contributed by atoms with Gasteiger partial charge in [-0.05, 0) is 50.8 Å². The molecule has 1 aliphatic rings. The van der Waals surface area contributed by atoms with Gasteiger partial charge in [-0.2, -0.15) is 0 Å². The number of hydrogen-bond acceptors (Lipinski definition) is 6. The number of aliphatic hydroxyl groups is 1. The Morgan fingerprint density at radius 1 is 1.21 bits per heavy atom. The van der Waals surface area contributed by atoms with Gasteiger partial charge < -0.3 is 19.6 Å². The lowest BCUT2D eigenvalue weighted by Gasteiger charge is -2.26. The molecule has 0 spiro atoms. The summed E-state index contributed by atoms with van der Waals surface area (Å²) in [7, 11) is 3.80. The quantitative estimate of drug-likeness (QED) is 0.441. The highest BCUT2D eigenvalue weighted by Gasteiger charge is 2.45. The molecule has 0 radical (unpaired) electrons. The molecule has 29 heavy (non-hydrogen) atoms. The summed E-state index contributed by atoms with van der Waals surface area (Å²) in [5.74, 6) is -0.932. The highest BCUT2D eigenvalue weighted by molar-refractivity contribution is 6.46. The maximum atomic E-state index is 12.9. The highest BCUT2D eigenvalue weighted by Crippen LogP contribution is 2.39. The molecule has 1 N–H and O–H groups in total. The predicted octanol–water partition coefficient (Wildman–Crippen LogP) is 2.46. The summed E-state index contributed by atoms with van der Waals surface area (Å²) in [6.45, 7) is 3.30. The number of Topliss-reactive ketones (excluding diaryl/α,β-unsaturated/α-hetero) is 1. The number of likely N-dealkylation sites (N-methyl/N-ethyl adjacent to an activating group) is 1. The first-order chi connectivity index (χ1) is 13.9. The van der Waals surface area contributed by atoms with E-state index in [0.29, 0.717) is 31.0 Å². The van der Waals surface area contributed by atoms with Crippen LogP contribution in [0.15, 0.2) is 54.4 Å². The van der Waals surface area contributed by atoms with Crippen LogP contribution in [0.3, 0.4) is 0 Å². The van der Waals surface area contributed by atoms with Crippen molar-refractivity contribution < 1.29 is 19.4 Å². The van der Waals surface area contributed by atoms with E-state index in [9.17, 15) is 14.7 Å². The molecule has 2 heterocycles. The number of amides is 1. The van der Waals surface area contributed by atoms with Crippen molar-refractivity contribution in [2.75, 3.05) is 33.8 Å². The predicted molar refractivity (Wildman–Crippen MR) is 109 cm³/mol. The third-order valence-electron chi connectivity index (χ3n) is 4.77. The van der Waals surface area contributed by atoms with Crippen molar-refractivity contribution in [2.45, 2.75) is 13.0 Å². The molecule has 7 nitrogen and oxygen atoms in total. The van der Waals surface area contributed by atoms with Crippen molar-refractivity contribution in [1.29, 1.82) is 0 Å². The largest absolute Gasteiger partial charge is 0.507 e. The standard InChI is InChI=1S/C22H25N3O4/c1-4-29-17-7-5-6-16(14-17)20(26)18-19(15-8-10-23-11-9-15)25(13-12-24(2)3)22(28)21(18)27/h5-11,14,19,26H,4,12-13H2,1-3H3/b20-18-. The molecule has 0 bridgehead atoms. The number of aromatic nitrogens is 1. The lowest BCUT2D eigenvalue weighted by atomic mass is 9.96. The Morgan fingerprint density at radius 3 is 2.59 bits per heavy atom. The third-order valence-corrected chi connectivity index (χ3v) is 4.77. The van der Waals surface area contributed by atoms with Crippen LogP contribution in [0.2, 0.25) is 0 Å². The molecular weight excluding hydrogens is 370 g/mol. The first-order valence-corrected chi connectivity index (χ1v) is 9.50. The summed E-state index contributed by atoms with van der Waals surface area (Å²) in [6, 6.07) is 9.70. The minimum Gasteiger partial charge on any atom is -0.507 e. The van der Waals surface area contributed by atoms with Crippen molar-refractivity contribution >= 4 is 17.4 Å². The Kier molecular flexibility index (Phi) is 6.29. The maximum absolute atomic E-state index is 12.9. The third kappa shape index (κ3) is 4.30. The van der Waals surface area contributed by atoms with E-state index in [4.69, 9.17) is 4.74 Å². The smallest absolute Gasteiger partial charge is 0.295 e. The minimum absolute atomic E-state index is 0.0774. The van der Waals surface area contributed by atoms with Gasteiger partial charge in [0.15, 0.2) is 0 Å². The number of carbonyl (C=O) groups is 2. The second-order valence-corrected chi connectivity index (χ2v) is 7.04. The minimum atomic E-state index is -0.690. The van der Waals surface area contributed by atoms with Gasteiger partial charge in [-0.15, -0.1) is 0 Å². The summed E-state index contributed by atoms with van der Waals surface area (Å²) in [5.41, 5.74) is 1.23. The number of aliphatic hydroxyl groups excluding tert-OH is 1. The van der Waals surface area contributed by atoms with Gasteiger partial charge in [0.25, 0.3) is 11.7 Å². The number of nitrogens with zero attached hydrogens (tertiary/aromatic N) is 3. The van der Waals surface area contributed by atoms with Crippen molar-refractivity contribution in [3.05, 3.63) is 65.5 Å². The fraction of sp³-hybridized carbons (Fsp3) is 0.318. The molecule has 1 saturated heterocycles. The van der Waals surface area contributed by atoms with Gasteiger partial charge in [-0.3, -0.25) is 14.6 Å². The lowest BCUT2D eigenvalue weighted by Crippen LogP contribution is -2.35. The molecule has 0 saturated carbocycles. The fourth-order valence-electron chi connectivity index (χ4n) is 3.37. The molecule has 1 unspecified atom stereocenters.